The van der Waals surface area contributed by atoms with E-state index in [0.29, 0.717) is 5.92 Å². The van der Waals surface area contributed by atoms with Gasteiger partial charge in [-0.15, -0.1) is 0 Å². The molecular formula is C10H16I2O. The molecule has 0 aromatic rings. The third-order valence-corrected chi connectivity index (χ3v) is 5.63. The molecule has 0 amide bonds. The van der Waals surface area contributed by atoms with E-state index >= 15 is 0 Å². The topological polar surface area (TPSA) is 20.2 Å². The molecule has 0 aromatic heterocycles. The van der Waals surface area contributed by atoms with Crippen molar-refractivity contribution in [3.63, 3.8) is 0 Å². The number of alkyl halides is 1. The molecule has 1 aliphatic rings. The van der Waals surface area contributed by atoms with E-state index < -0.39 is 0 Å². The lowest BCUT2D eigenvalue weighted by Crippen LogP contribution is -2.20. The number of aliphatic hydroxyl groups excluding tert-OH is 1. The summed E-state index contributed by atoms with van der Waals surface area (Å²) in [5.41, 5.74) is 0. The molecule has 3 heteroatoms. The molecule has 0 aromatic carbocycles. The van der Waals surface area contributed by atoms with E-state index in [9.17, 15) is 5.11 Å². The Balaban J connectivity index is 2.41. The van der Waals surface area contributed by atoms with Crippen molar-refractivity contribution in [1.29, 1.82) is 0 Å². The zero-order valence-corrected chi connectivity index (χ0v) is 12.0. The maximum atomic E-state index is 9.89. The molecule has 1 nitrogen and oxygen atoms in total. The Morgan fingerprint density at radius 1 is 1.38 bits per heavy atom. The van der Waals surface area contributed by atoms with Crippen molar-refractivity contribution in [2.75, 3.05) is 4.43 Å². The van der Waals surface area contributed by atoms with Crippen LogP contribution >= 0.6 is 45.2 Å². The second kappa shape index (κ2) is 6.61. The third-order valence-electron chi connectivity index (χ3n) is 2.61. The van der Waals surface area contributed by atoms with Crippen LogP contribution in [0.2, 0.25) is 0 Å². The summed E-state index contributed by atoms with van der Waals surface area (Å²) in [5.74, 6) is 0.529. The van der Waals surface area contributed by atoms with E-state index in [1.165, 1.54) is 35.7 Å². The number of hydrogen-bond donors (Lipinski definition) is 1. The van der Waals surface area contributed by atoms with Gasteiger partial charge in [0.15, 0.2) is 0 Å². The number of allylic oxidation sites excluding steroid dienone is 1. The third kappa shape index (κ3) is 4.46. The van der Waals surface area contributed by atoms with Crippen LogP contribution in [0.25, 0.3) is 0 Å². The van der Waals surface area contributed by atoms with Crippen molar-refractivity contribution in [3.8, 4) is 0 Å². The molecule has 1 rings (SSSR count). The van der Waals surface area contributed by atoms with Gasteiger partial charge in [-0.2, -0.15) is 0 Å². The minimum Gasteiger partial charge on any atom is -0.389 e. The van der Waals surface area contributed by atoms with E-state index in [4.69, 9.17) is 0 Å². The Hall–Kier alpha value is 1.16. The molecule has 1 saturated carbocycles. The van der Waals surface area contributed by atoms with Crippen molar-refractivity contribution < 1.29 is 5.11 Å². The van der Waals surface area contributed by atoms with Crippen LogP contribution in [0.1, 0.15) is 32.1 Å². The summed E-state index contributed by atoms with van der Waals surface area (Å²) in [6.07, 6.45) is 8.22. The van der Waals surface area contributed by atoms with E-state index in [1.807, 2.05) is 6.08 Å². The van der Waals surface area contributed by atoms with Crippen molar-refractivity contribution in [1.82, 2.24) is 0 Å². The van der Waals surface area contributed by atoms with Gasteiger partial charge in [0, 0.05) is 4.43 Å². The molecule has 0 radical (unpaired) electrons. The fraction of sp³-hybridized carbons (Fsp3) is 0.800. The van der Waals surface area contributed by atoms with Crippen LogP contribution in [0.15, 0.2) is 9.66 Å². The fourth-order valence-electron chi connectivity index (χ4n) is 1.84. The Morgan fingerprint density at radius 2 is 2.00 bits per heavy atom. The molecule has 0 aliphatic heterocycles. The SMILES string of the molecule is OC(/C=C(/I)CI)C1CCCCC1. The summed E-state index contributed by atoms with van der Waals surface area (Å²) in [4.78, 5) is 0. The van der Waals surface area contributed by atoms with Crippen LogP contribution in [-0.4, -0.2) is 15.6 Å². The quantitative estimate of drug-likeness (QED) is 0.561. The lowest BCUT2D eigenvalue weighted by Gasteiger charge is -2.24. The van der Waals surface area contributed by atoms with E-state index in [-0.39, 0.29) is 6.10 Å². The van der Waals surface area contributed by atoms with E-state index in [1.54, 1.807) is 0 Å². The molecule has 0 bridgehead atoms. The lowest BCUT2D eigenvalue weighted by molar-refractivity contribution is 0.125. The maximum Gasteiger partial charge on any atom is 0.0759 e. The van der Waals surface area contributed by atoms with E-state index in [2.05, 4.69) is 45.2 Å². The molecule has 0 spiro atoms. The summed E-state index contributed by atoms with van der Waals surface area (Å²) in [6, 6.07) is 0. The monoisotopic (exact) mass is 406 g/mol. The van der Waals surface area contributed by atoms with Crippen LogP contribution in [0.3, 0.4) is 0 Å². The van der Waals surface area contributed by atoms with Crippen molar-refractivity contribution in [2.24, 2.45) is 5.92 Å². The highest BCUT2D eigenvalue weighted by molar-refractivity contribution is 14.1. The number of hydrogen-bond acceptors (Lipinski definition) is 1. The van der Waals surface area contributed by atoms with Gasteiger partial charge in [-0.3, -0.25) is 0 Å². The Morgan fingerprint density at radius 3 is 2.54 bits per heavy atom. The van der Waals surface area contributed by atoms with Crippen LogP contribution < -0.4 is 0 Å². The van der Waals surface area contributed by atoms with Crippen molar-refractivity contribution >= 4 is 45.2 Å². The van der Waals surface area contributed by atoms with Crippen LogP contribution in [0, 0.1) is 5.92 Å². The molecular weight excluding hydrogens is 390 g/mol. The summed E-state index contributed by atoms with van der Waals surface area (Å²) in [7, 11) is 0. The number of aliphatic hydroxyl groups is 1. The maximum absolute atomic E-state index is 9.89. The van der Waals surface area contributed by atoms with Gasteiger partial charge in [0.05, 0.1) is 6.10 Å². The van der Waals surface area contributed by atoms with Crippen molar-refractivity contribution in [2.45, 2.75) is 38.2 Å². The minimum absolute atomic E-state index is 0.193. The first-order valence-electron chi connectivity index (χ1n) is 4.84. The Kier molecular flexibility index (Phi) is 6.22. The van der Waals surface area contributed by atoms with Crippen LogP contribution in [-0.2, 0) is 0 Å². The molecule has 1 unspecified atom stereocenters. The Labute approximate surface area is 108 Å². The van der Waals surface area contributed by atoms with Crippen molar-refractivity contribution in [3.05, 3.63) is 9.66 Å². The summed E-state index contributed by atoms with van der Waals surface area (Å²) < 4.78 is 2.29. The summed E-state index contributed by atoms with van der Waals surface area (Å²) >= 11 is 4.64. The number of halogens is 2. The average Bonchev–Trinajstić information content (AvgIpc) is 2.19. The summed E-state index contributed by atoms with van der Waals surface area (Å²) in [6.45, 7) is 0. The predicted molar refractivity (Wildman–Crippen MR) is 73.6 cm³/mol. The highest BCUT2D eigenvalue weighted by atomic mass is 127. The molecule has 1 N–H and O–H groups in total. The first-order valence-corrected chi connectivity index (χ1v) is 7.44. The highest BCUT2D eigenvalue weighted by Gasteiger charge is 2.19. The molecule has 0 heterocycles. The standard InChI is InChI=1S/C10H16I2O/c11-7-9(12)6-10(13)8-4-2-1-3-5-8/h6,8,10,13H,1-5,7H2/b9-6+. The van der Waals surface area contributed by atoms with Gasteiger partial charge in [-0.25, -0.2) is 0 Å². The van der Waals surface area contributed by atoms with Crippen LogP contribution in [0.5, 0.6) is 0 Å². The van der Waals surface area contributed by atoms with Gasteiger partial charge in [0.1, 0.15) is 0 Å². The largest absolute Gasteiger partial charge is 0.389 e. The van der Waals surface area contributed by atoms with Gasteiger partial charge in [0.2, 0.25) is 0 Å². The second-order valence-corrected chi connectivity index (χ2v) is 5.78. The highest BCUT2D eigenvalue weighted by Crippen LogP contribution is 2.28. The zero-order valence-electron chi connectivity index (χ0n) is 7.68. The minimum atomic E-state index is -0.193. The zero-order chi connectivity index (χ0) is 9.68. The molecule has 1 fully saturated rings. The predicted octanol–water partition coefficient (Wildman–Crippen LogP) is 3.68. The lowest BCUT2D eigenvalue weighted by atomic mass is 9.85. The van der Waals surface area contributed by atoms with E-state index in [0.717, 1.165) is 4.43 Å². The van der Waals surface area contributed by atoms with Crippen LogP contribution in [0.4, 0.5) is 0 Å². The first-order chi connectivity index (χ1) is 6.24. The second-order valence-electron chi connectivity index (χ2n) is 3.64. The number of rotatable bonds is 3. The molecule has 13 heavy (non-hydrogen) atoms. The van der Waals surface area contributed by atoms with Gasteiger partial charge in [-0.1, -0.05) is 41.9 Å². The van der Waals surface area contributed by atoms with Gasteiger partial charge < -0.3 is 5.11 Å². The molecule has 1 aliphatic carbocycles. The first kappa shape index (κ1) is 12.2. The van der Waals surface area contributed by atoms with Gasteiger partial charge in [0.25, 0.3) is 0 Å². The molecule has 1 atom stereocenters. The smallest absolute Gasteiger partial charge is 0.0759 e. The van der Waals surface area contributed by atoms with Gasteiger partial charge in [-0.05, 0) is 51.0 Å². The molecule has 76 valence electrons. The Bertz CT molecular complexity index is 174. The molecule has 0 saturated heterocycles. The fourth-order valence-corrected chi connectivity index (χ4v) is 2.46. The normalized spacial score (nSPS) is 23.2. The summed E-state index contributed by atoms with van der Waals surface area (Å²) in [5, 5.41) is 9.89. The average molecular weight is 406 g/mol. The van der Waals surface area contributed by atoms with Gasteiger partial charge >= 0.3 is 0 Å².